The van der Waals surface area contributed by atoms with E-state index in [0.29, 0.717) is 17.7 Å². The highest BCUT2D eigenvalue weighted by Gasteiger charge is 2.08. The first-order chi connectivity index (χ1) is 12.2. The second kappa shape index (κ2) is 12.9. The second-order valence-electron chi connectivity index (χ2n) is 6.02. The number of hydrogen-bond acceptors (Lipinski definition) is 4. The molecule has 4 nitrogen and oxygen atoms in total. The van der Waals surface area contributed by atoms with Crippen molar-refractivity contribution >= 4 is 17.8 Å². The summed E-state index contributed by atoms with van der Waals surface area (Å²) in [6.45, 7) is 2.57. The van der Waals surface area contributed by atoms with Crippen molar-refractivity contribution in [3.8, 4) is 6.07 Å². The SMILES string of the molecule is CCCCCCCCCOC(=O)CC(=O)C=Cc1ccccc1C#N. The summed E-state index contributed by atoms with van der Waals surface area (Å²) in [5.74, 6) is -0.813. The summed E-state index contributed by atoms with van der Waals surface area (Å²) in [7, 11) is 0. The van der Waals surface area contributed by atoms with Gasteiger partial charge < -0.3 is 4.74 Å². The van der Waals surface area contributed by atoms with E-state index in [0.717, 1.165) is 19.3 Å². The molecule has 0 N–H and O–H groups in total. The molecule has 0 unspecified atom stereocenters. The Morgan fingerprint density at radius 2 is 1.76 bits per heavy atom. The minimum atomic E-state index is -0.491. The van der Waals surface area contributed by atoms with Crippen molar-refractivity contribution in [1.29, 1.82) is 5.26 Å². The van der Waals surface area contributed by atoms with Crippen molar-refractivity contribution < 1.29 is 14.3 Å². The van der Waals surface area contributed by atoms with E-state index >= 15 is 0 Å². The largest absolute Gasteiger partial charge is 0.465 e. The van der Waals surface area contributed by atoms with Crippen molar-refractivity contribution in [2.45, 2.75) is 58.3 Å². The maximum Gasteiger partial charge on any atom is 0.313 e. The number of allylic oxidation sites excluding steroid dienone is 1. The van der Waals surface area contributed by atoms with Gasteiger partial charge in [0.2, 0.25) is 0 Å². The summed E-state index contributed by atoms with van der Waals surface area (Å²) in [5, 5.41) is 8.99. The molecule has 1 aromatic carbocycles. The fraction of sp³-hybridized carbons (Fsp3) is 0.476. The predicted octanol–water partition coefficient (Wildman–Crippen LogP) is 4.82. The summed E-state index contributed by atoms with van der Waals surface area (Å²) in [4.78, 5) is 23.4. The van der Waals surface area contributed by atoms with Gasteiger partial charge in [-0.3, -0.25) is 9.59 Å². The zero-order valence-electron chi connectivity index (χ0n) is 15.0. The van der Waals surface area contributed by atoms with Gasteiger partial charge in [-0.15, -0.1) is 0 Å². The van der Waals surface area contributed by atoms with Gasteiger partial charge in [0.05, 0.1) is 18.2 Å². The maximum absolute atomic E-state index is 11.8. The number of ketones is 1. The van der Waals surface area contributed by atoms with Crippen LogP contribution >= 0.6 is 0 Å². The number of unbranched alkanes of at least 4 members (excludes halogenated alkanes) is 6. The number of esters is 1. The third-order valence-corrected chi connectivity index (χ3v) is 3.86. The first-order valence-electron chi connectivity index (χ1n) is 9.03. The highest BCUT2D eigenvalue weighted by molar-refractivity contribution is 6.04. The van der Waals surface area contributed by atoms with E-state index in [-0.39, 0.29) is 12.2 Å². The molecule has 0 fully saturated rings. The van der Waals surface area contributed by atoms with Crippen LogP contribution in [0.3, 0.4) is 0 Å². The number of ether oxygens (including phenoxy) is 1. The van der Waals surface area contributed by atoms with E-state index in [1.54, 1.807) is 30.3 Å². The molecule has 0 saturated carbocycles. The molecule has 1 aromatic rings. The Balaban J connectivity index is 2.21. The molecule has 0 amide bonds. The van der Waals surface area contributed by atoms with Crippen LogP contribution in [0.25, 0.3) is 6.08 Å². The molecule has 0 aliphatic heterocycles. The van der Waals surface area contributed by atoms with Gasteiger partial charge in [-0.1, -0.05) is 69.7 Å². The number of carbonyl (C=O) groups excluding carboxylic acids is 2. The van der Waals surface area contributed by atoms with Gasteiger partial charge in [-0.05, 0) is 24.1 Å². The highest BCUT2D eigenvalue weighted by Crippen LogP contribution is 2.10. The Labute approximate surface area is 150 Å². The van der Waals surface area contributed by atoms with Gasteiger partial charge in [0.1, 0.15) is 6.42 Å². The number of carbonyl (C=O) groups is 2. The molecule has 0 bridgehead atoms. The molecule has 0 aliphatic rings. The van der Waals surface area contributed by atoms with E-state index in [1.807, 2.05) is 0 Å². The Bertz CT molecular complexity index is 614. The molecule has 0 atom stereocenters. The molecule has 0 aliphatic carbocycles. The van der Waals surface area contributed by atoms with Crippen LogP contribution in [0, 0.1) is 11.3 Å². The summed E-state index contributed by atoms with van der Waals surface area (Å²) in [6.07, 6.45) is 10.7. The molecule has 0 spiro atoms. The predicted molar refractivity (Wildman–Crippen MR) is 98.8 cm³/mol. The lowest BCUT2D eigenvalue weighted by Crippen LogP contribution is -2.10. The third-order valence-electron chi connectivity index (χ3n) is 3.86. The van der Waals surface area contributed by atoms with E-state index in [4.69, 9.17) is 10.00 Å². The van der Waals surface area contributed by atoms with Crippen molar-refractivity contribution in [1.82, 2.24) is 0 Å². The van der Waals surface area contributed by atoms with Crippen molar-refractivity contribution in [3.63, 3.8) is 0 Å². The zero-order chi connectivity index (χ0) is 18.3. The normalized spacial score (nSPS) is 10.6. The lowest BCUT2D eigenvalue weighted by Gasteiger charge is -2.04. The van der Waals surface area contributed by atoms with Crippen LogP contribution < -0.4 is 0 Å². The molecule has 0 saturated heterocycles. The fourth-order valence-corrected chi connectivity index (χ4v) is 2.42. The summed E-state index contributed by atoms with van der Waals surface area (Å²) in [5.41, 5.74) is 1.16. The third kappa shape index (κ3) is 9.46. The Kier molecular flexibility index (Phi) is 10.7. The Morgan fingerprint density at radius 1 is 1.08 bits per heavy atom. The van der Waals surface area contributed by atoms with Crippen molar-refractivity contribution in [3.05, 3.63) is 41.5 Å². The van der Waals surface area contributed by atoms with Gasteiger partial charge in [-0.25, -0.2) is 0 Å². The fourth-order valence-electron chi connectivity index (χ4n) is 2.42. The van der Waals surface area contributed by atoms with E-state index in [9.17, 15) is 9.59 Å². The van der Waals surface area contributed by atoms with Crippen LogP contribution in [0.15, 0.2) is 30.3 Å². The van der Waals surface area contributed by atoms with Gasteiger partial charge in [0.15, 0.2) is 5.78 Å². The van der Waals surface area contributed by atoms with E-state index < -0.39 is 5.97 Å². The van der Waals surface area contributed by atoms with Gasteiger partial charge in [-0.2, -0.15) is 5.26 Å². The van der Waals surface area contributed by atoms with Crippen LogP contribution in [0.2, 0.25) is 0 Å². The van der Waals surface area contributed by atoms with Gasteiger partial charge >= 0.3 is 5.97 Å². The Hall–Kier alpha value is -2.41. The van der Waals surface area contributed by atoms with Crippen LogP contribution in [0.4, 0.5) is 0 Å². The minimum absolute atomic E-state index is 0.262. The number of nitriles is 1. The summed E-state index contributed by atoms with van der Waals surface area (Å²) in [6, 6.07) is 9.05. The topological polar surface area (TPSA) is 67.2 Å². The molecular weight excluding hydrogens is 314 g/mol. The molecule has 1 rings (SSSR count). The monoisotopic (exact) mass is 341 g/mol. The van der Waals surface area contributed by atoms with Gasteiger partial charge in [0, 0.05) is 0 Å². The molecule has 0 radical (unpaired) electrons. The molecule has 4 heteroatoms. The van der Waals surface area contributed by atoms with Crippen LogP contribution in [0.1, 0.15) is 69.4 Å². The number of benzene rings is 1. The zero-order valence-corrected chi connectivity index (χ0v) is 15.0. The lowest BCUT2D eigenvalue weighted by atomic mass is 10.1. The Morgan fingerprint density at radius 3 is 2.48 bits per heavy atom. The highest BCUT2D eigenvalue weighted by atomic mass is 16.5. The van der Waals surface area contributed by atoms with Gasteiger partial charge in [0.25, 0.3) is 0 Å². The lowest BCUT2D eigenvalue weighted by molar-refractivity contribution is -0.145. The molecular formula is C21H27NO3. The van der Waals surface area contributed by atoms with Crippen LogP contribution in [0.5, 0.6) is 0 Å². The van der Waals surface area contributed by atoms with E-state index in [1.165, 1.54) is 31.8 Å². The van der Waals surface area contributed by atoms with Crippen LogP contribution in [-0.4, -0.2) is 18.4 Å². The summed E-state index contributed by atoms with van der Waals surface area (Å²) >= 11 is 0. The number of nitrogens with zero attached hydrogens (tertiary/aromatic N) is 1. The first kappa shape index (κ1) is 20.6. The molecule has 134 valence electrons. The smallest absolute Gasteiger partial charge is 0.313 e. The van der Waals surface area contributed by atoms with Crippen LogP contribution in [-0.2, 0) is 14.3 Å². The molecule has 0 heterocycles. The number of rotatable bonds is 12. The number of hydrogen-bond donors (Lipinski definition) is 0. The average Bonchev–Trinajstić information content (AvgIpc) is 2.62. The second-order valence-corrected chi connectivity index (χ2v) is 6.02. The quantitative estimate of drug-likeness (QED) is 0.236. The van der Waals surface area contributed by atoms with Crippen molar-refractivity contribution in [2.75, 3.05) is 6.61 Å². The standard InChI is InChI=1S/C21H27NO3/c1-2-3-4-5-6-7-10-15-25-21(24)16-20(23)14-13-18-11-8-9-12-19(18)17-22/h8-9,11-14H,2-7,10,15-16H2,1H3. The molecule has 25 heavy (non-hydrogen) atoms. The minimum Gasteiger partial charge on any atom is -0.465 e. The molecule has 0 aromatic heterocycles. The summed E-state index contributed by atoms with van der Waals surface area (Å²) < 4.78 is 5.09. The maximum atomic E-state index is 11.8. The average molecular weight is 341 g/mol. The first-order valence-corrected chi connectivity index (χ1v) is 9.03. The van der Waals surface area contributed by atoms with Crippen molar-refractivity contribution in [2.24, 2.45) is 0 Å². The van der Waals surface area contributed by atoms with E-state index in [2.05, 4.69) is 13.0 Å².